The zero-order valence-electron chi connectivity index (χ0n) is 33.0. The molecule has 0 radical (unpaired) electrons. The lowest BCUT2D eigenvalue weighted by Crippen LogP contribution is -2.43. The molecule has 1 aromatic heterocycles. The van der Waals surface area contributed by atoms with E-state index in [1.807, 2.05) is 0 Å². The van der Waals surface area contributed by atoms with Crippen LogP contribution in [0.2, 0.25) is 0 Å². The highest BCUT2D eigenvalue weighted by atomic mass is 15.3. The van der Waals surface area contributed by atoms with E-state index in [-0.39, 0.29) is 6.04 Å². The lowest BCUT2D eigenvalue weighted by atomic mass is 9.93. The van der Waals surface area contributed by atoms with Gasteiger partial charge in [-0.3, -0.25) is 4.90 Å². The highest BCUT2D eigenvalue weighted by Crippen LogP contribution is 2.43. The Balaban J connectivity index is 0.943. The van der Waals surface area contributed by atoms with Crippen LogP contribution in [0.25, 0.3) is 67.8 Å². The van der Waals surface area contributed by atoms with Crippen molar-refractivity contribution in [3.05, 3.63) is 222 Å². The van der Waals surface area contributed by atoms with Crippen LogP contribution in [0.3, 0.4) is 0 Å². The van der Waals surface area contributed by atoms with Crippen molar-refractivity contribution in [2.75, 3.05) is 4.90 Å². The Bertz CT molecular complexity index is 3230. The zero-order valence-corrected chi connectivity index (χ0v) is 33.0. The first kappa shape index (κ1) is 34.4. The number of aliphatic imine (C=N–C) groups is 1. The molecular formula is C56H40N4. The molecule has 4 heteroatoms. The minimum absolute atomic E-state index is 0.101. The molecule has 1 unspecified atom stereocenters. The number of anilines is 2. The fourth-order valence-electron chi connectivity index (χ4n) is 9.61. The number of guanidine groups is 1. The van der Waals surface area contributed by atoms with Crippen molar-refractivity contribution in [2.24, 2.45) is 4.99 Å². The van der Waals surface area contributed by atoms with E-state index in [1.165, 1.54) is 66.4 Å². The molecule has 0 saturated heterocycles. The van der Waals surface area contributed by atoms with Crippen LogP contribution < -0.4 is 10.2 Å². The summed E-state index contributed by atoms with van der Waals surface area (Å²) in [6.45, 7) is 0. The first-order valence-electron chi connectivity index (χ1n) is 20.9. The summed E-state index contributed by atoms with van der Waals surface area (Å²) in [6.07, 6.45) is 11.2. The van der Waals surface area contributed by atoms with Gasteiger partial charge in [0.1, 0.15) is 0 Å². The van der Waals surface area contributed by atoms with E-state index in [2.05, 4.69) is 221 Å². The Kier molecular flexibility index (Phi) is 8.02. The number of allylic oxidation sites excluding steroid dienone is 1. The molecule has 284 valence electrons. The van der Waals surface area contributed by atoms with Crippen LogP contribution in [0.1, 0.15) is 46.0 Å². The molecule has 1 aliphatic carbocycles. The predicted molar refractivity (Wildman–Crippen MR) is 251 cm³/mol. The average Bonchev–Trinajstić information content (AvgIpc) is 3.55. The lowest BCUT2D eigenvalue weighted by molar-refractivity contribution is 0.740. The summed E-state index contributed by atoms with van der Waals surface area (Å²) in [5, 5.41) is 7.74. The monoisotopic (exact) mass is 768 g/mol. The van der Waals surface area contributed by atoms with Gasteiger partial charge < -0.3 is 9.88 Å². The fourth-order valence-corrected chi connectivity index (χ4v) is 9.61. The maximum atomic E-state index is 5.36. The third-order valence-electron chi connectivity index (χ3n) is 12.5. The van der Waals surface area contributed by atoms with Crippen molar-refractivity contribution < 1.29 is 0 Å². The van der Waals surface area contributed by atoms with Gasteiger partial charge in [-0.25, -0.2) is 4.99 Å². The van der Waals surface area contributed by atoms with Gasteiger partial charge in [-0.2, -0.15) is 0 Å². The Morgan fingerprint density at radius 1 is 0.550 bits per heavy atom. The van der Waals surface area contributed by atoms with E-state index in [9.17, 15) is 0 Å². The number of nitrogens with zero attached hydrogens (tertiary/aromatic N) is 3. The maximum absolute atomic E-state index is 5.36. The van der Waals surface area contributed by atoms with Crippen molar-refractivity contribution in [2.45, 2.75) is 18.9 Å². The minimum atomic E-state index is -0.101. The molecule has 3 aliphatic rings. The second kappa shape index (κ2) is 14.0. The third-order valence-corrected chi connectivity index (χ3v) is 12.5. The molecule has 1 atom stereocenters. The van der Waals surface area contributed by atoms with E-state index >= 15 is 0 Å². The van der Waals surface area contributed by atoms with Gasteiger partial charge in [0.15, 0.2) is 0 Å². The zero-order chi connectivity index (χ0) is 39.6. The normalized spacial score (nSPS) is 15.1. The maximum Gasteiger partial charge on any atom is 0.209 e. The van der Waals surface area contributed by atoms with E-state index < -0.39 is 0 Å². The summed E-state index contributed by atoms with van der Waals surface area (Å²) in [4.78, 5) is 7.67. The molecule has 2 aliphatic heterocycles. The molecule has 8 aromatic carbocycles. The summed E-state index contributed by atoms with van der Waals surface area (Å²) in [6, 6.07) is 65.9. The van der Waals surface area contributed by atoms with Crippen molar-refractivity contribution in [1.29, 1.82) is 0 Å². The molecule has 60 heavy (non-hydrogen) atoms. The van der Waals surface area contributed by atoms with Crippen LogP contribution in [0, 0.1) is 0 Å². The molecule has 0 fully saturated rings. The molecule has 4 nitrogen and oxygen atoms in total. The van der Waals surface area contributed by atoms with Crippen molar-refractivity contribution in [1.82, 2.24) is 9.88 Å². The number of fused-ring (bicyclic) bond motifs is 7. The summed E-state index contributed by atoms with van der Waals surface area (Å²) in [5.74, 6) is 0.795. The lowest BCUT2D eigenvalue weighted by Gasteiger charge is -2.35. The van der Waals surface area contributed by atoms with Gasteiger partial charge in [-0.1, -0.05) is 158 Å². The third kappa shape index (κ3) is 5.64. The summed E-state index contributed by atoms with van der Waals surface area (Å²) in [7, 11) is 0. The fraction of sp³-hybridized carbons (Fsp3) is 0.0536. The Morgan fingerprint density at radius 3 is 2.22 bits per heavy atom. The Morgan fingerprint density at radius 2 is 1.28 bits per heavy atom. The van der Waals surface area contributed by atoms with Crippen molar-refractivity contribution >= 4 is 62.9 Å². The molecule has 9 aromatic rings. The Labute approximate surface area is 349 Å². The number of hydrogen-bond acceptors (Lipinski definition) is 3. The van der Waals surface area contributed by atoms with E-state index in [1.54, 1.807) is 0 Å². The van der Waals surface area contributed by atoms with Gasteiger partial charge in [0.25, 0.3) is 0 Å². The molecule has 12 rings (SSSR count). The van der Waals surface area contributed by atoms with Gasteiger partial charge in [0.2, 0.25) is 5.96 Å². The first-order chi connectivity index (χ1) is 29.7. The highest BCUT2D eigenvalue weighted by molar-refractivity contribution is 6.10. The second-order valence-corrected chi connectivity index (χ2v) is 15.9. The summed E-state index contributed by atoms with van der Waals surface area (Å²) in [5.41, 5.74) is 17.7. The molecule has 0 saturated carbocycles. The number of hydrogen-bond donors (Lipinski definition) is 1. The van der Waals surface area contributed by atoms with Crippen LogP contribution in [0.15, 0.2) is 193 Å². The number of benzene rings is 8. The minimum Gasteiger partial charge on any atom is -0.344 e. The molecule has 0 amide bonds. The molecule has 1 N–H and O–H groups in total. The van der Waals surface area contributed by atoms with Crippen molar-refractivity contribution in [3.8, 4) is 27.9 Å². The van der Waals surface area contributed by atoms with Crippen molar-refractivity contribution in [3.63, 3.8) is 0 Å². The summed E-state index contributed by atoms with van der Waals surface area (Å²) < 4.78 is 2.45. The first-order valence-corrected chi connectivity index (χ1v) is 20.9. The van der Waals surface area contributed by atoms with Gasteiger partial charge in [-0.05, 0) is 111 Å². The van der Waals surface area contributed by atoms with Crippen LogP contribution >= 0.6 is 0 Å². The highest BCUT2D eigenvalue weighted by Gasteiger charge is 2.30. The van der Waals surface area contributed by atoms with Gasteiger partial charge in [0, 0.05) is 27.9 Å². The SMILES string of the molecule is C1=Cc2c(n(-c3ccccc3)c3ccc(-c4ccc5c(c4)C=Cc4ccccc4N5C4=Nc5ccccc5C(c5ccc(-c6cccc7ccccc67)cc5)N4)cc23)CC1. The van der Waals surface area contributed by atoms with E-state index in [4.69, 9.17) is 4.99 Å². The van der Waals surface area contributed by atoms with Crippen LogP contribution in [-0.2, 0) is 6.42 Å². The quantitative estimate of drug-likeness (QED) is 0.193. The number of nitrogens with one attached hydrogen (secondary N) is 1. The van der Waals surface area contributed by atoms with Crippen LogP contribution in [-0.4, -0.2) is 10.5 Å². The van der Waals surface area contributed by atoms with Crippen LogP contribution in [0.4, 0.5) is 17.1 Å². The predicted octanol–water partition coefficient (Wildman–Crippen LogP) is 14.1. The molecule has 0 spiro atoms. The van der Waals surface area contributed by atoms with E-state index in [0.717, 1.165) is 52.6 Å². The molecule has 3 heterocycles. The van der Waals surface area contributed by atoms with Gasteiger partial charge in [-0.15, -0.1) is 0 Å². The smallest absolute Gasteiger partial charge is 0.209 e. The standard InChI is InChI=1S/C56H40N4/c1-2-16-44(17-3-1)59-53-24-11-8-19-47(53)49-36-42(32-34-54(49)59)41-31-33-52-43(35-41)30-27-39-14-5-10-23-51(39)60(52)56-57-50-22-9-7-20-48(50)55(58-56)40-28-25-38(26-29-40)46-21-12-15-37-13-4-6-18-45(37)46/h1-10,12-23,25-36,55H,11,24H2,(H,57,58). The number of para-hydroxylation sites is 3. The number of rotatable bonds is 4. The average molecular weight is 769 g/mol. The second-order valence-electron chi connectivity index (χ2n) is 15.9. The van der Waals surface area contributed by atoms with E-state index in [0.29, 0.717) is 0 Å². The van der Waals surface area contributed by atoms with Gasteiger partial charge in [0.05, 0.1) is 28.6 Å². The molecular weight excluding hydrogens is 729 g/mol. The Hall–Kier alpha value is -7.69. The number of aromatic nitrogens is 1. The topological polar surface area (TPSA) is 32.6 Å². The molecule has 0 bridgehead atoms. The summed E-state index contributed by atoms with van der Waals surface area (Å²) >= 11 is 0. The van der Waals surface area contributed by atoms with Gasteiger partial charge >= 0.3 is 0 Å². The largest absolute Gasteiger partial charge is 0.344 e. The van der Waals surface area contributed by atoms with Crippen LogP contribution in [0.5, 0.6) is 0 Å².